The molecule has 24 heavy (non-hydrogen) atoms. The van der Waals surface area contributed by atoms with Gasteiger partial charge in [-0.25, -0.2) is 0 Å². The molecule has 2 rings (SSSR count). The van der Waals surface area contributed by atoms with E-state index in [0.717, 1.165) is 0 Å². The van der Waals surface area contributed by atoms with Gasteiger partial charge >= 0.3 is 0 Å². The first kappa shape index (κ1) is 17.9. The highest BCUT2D eigenvalue weighted by atomic mass is 35.5. The minimum atomic E-state index is -0.594. The fourth-order valence-corrected chi connectivity index (χ4v) is 2.17. The molecule has 0 fully saturated rings. The molecule has 0 aromatic heterocycles. The maximum absolute atomic E-state index is 12.4. The number of rotatable bonds is 8. The van der Waals surface area contributed by atoms with E-state index in [9.17, 15) is 4.79 Å². The molecular formula is C19H20ClNO3. The Hall–Kier alpha value is -2.46. The summed E-state index contributed by atoms with van der Waals surface area (Å²) < 4.78 is 11.2. The van der Waals surface area contributed by atoms with Crippen LogP contribution in [0.3, 0.4) is 0 Å². The molecule has 0 unspecified atom stereocenters. The average molecular weight is 346 g/mol. The molecular weight excluding hydrogens is 326 g/mol. The summed E-state index contributed by atoms with van der Waals surface area (Å²) in [5, 5.41) is 3.47. The maximum Gasteiger partial charge on any atom is 0.265 e. The first-order chi connectivity index (χ1) is 11.6. The molecule has 0 aliphatic heterocycles. The molecule has 1 amide bonds. The highest BCUT2D eigenvalue weighted by molar-refractivity contribution is 6.30. The lowest BCUT2D eigenvalue weighted by atomic mass is 10.2. The number of carbonyl (C=O) groups excluding carboxylic acids is 1. The Morgan fingerprint density at radius 3 is 2.67 bits per heavy atom. The van der Waals surface area contributed by atoms with Gasteiger partial charge in [0.1, 0.15) is 18.1 Å². The highest BCUT2D eigenvalue weighted by Crippen LogP contribution is 2.20. The molecule has 0 bridgehead atoms. The molecule has 0 aliphatic carbocycles. The predicted molar refractivity (Wildman–Crippen MR) is 96.9 cm³/mol. The van der Waals surface area contributed by atoms with Crippen molar-refractivity contribution >= 4 is 23.2 Å². The summed E-state index contributed by atoms with van der Waals surface area (Å²) in [5.74, 6) is 1.05. The van der Waals surface area contributed by atoms with Gasteiger partial charge in [0, 0.05) is 16.8 Å². The minimum Gasteiger partial charge on any atom is -0.489 e. The summed E-state index contributed by atoms with van der Waals surface area (Å²) in [6.07, 6.45) is 1.61. The van der Waals surface area contributed by atoms with E-state index in [1.165, 1.54) is 0 Å². The van der Waals surface area contributed by atoms with E-state index in [1.807, 2.05) is 19.1 Å². The van der Waals surface area contributed by atoms with Crippen LogP contribution in [-0.4, -0.2) is 18.6 Å². The molecule has 2 aromatic carbocycles. The molecule has 0 heterocycles. The molecule has 2 aromatic rings. The summed E-state index contributed by atoms with van der Waals surface area (Å²) in [5.41, 5.74) is 0.653. The predicted octanol–water partition coefficient (Wildman–Crippen LogP) is 4.70. The summed E-state index contributed by atoms with van der Waals surface area (Å²) in [7, 11) is 0. The summed E-state index contributed by atoms with van der Waals surface area (Å²) >= 11 is 5.85. The van der Waals surface area contributed by atoms with E-state index in [2.05, 4.69) is 11.9 Å². The zero-order valence-electron chi connectivity index (χ0n) is 13.5. The van der Waals surface area contributed by atoms with E-state index in [0.29, 0.717) is 35.2 Å². The topological polar surface area (TPSA) is 47.6 Å². The van der Waals surface area contributed by atoms with Crippen LogP contribution in [0.2, 0.25) is 5.02 Å². The second-order valence-corrected chi connectivity index (χ2v) is 5.52. The number of carbonyl (C=O) groups is 1. The van der Waals surface area contributed by atoms with E-state index in [1.54, 1.807) is 42.5 Å². The van der Waals surface area contributed by atoms with Gasteiger partial charge in [-0.1, -0.05) is 37.2 Å². The van der Waals surface area contributed by atoms with Crippen LogP contribution in [-0.2, 0) is 4.79 Å². The van der Waals surface area contributed by atoms with Crippen molar-refractivity contribution in [1.82, 2.24) is 0 Å². The van der Waals surface area contributed by atoms with Crippen LogP contribution in [0.5, 0.6) is 11.5 Å². The number of hydrogen-bond acceptors (Lipinski definition) is 3. The zero-order valence-corrected chi connectivity index (χ0v) is 14.3. The maximum atomic E-state index is 12.4. The molecule has 1 atom stereocenters. The smallest absolute Gasteiger partial charge is 0.265 e. The Morgan fingerprint density at radius 1 is 1.25 bits per heavy atom. The average Bonchev–Trinajstić information content (AvgIpc) is 2.59. The second-order valence-electron chi connectivity index (χ2n) is 5.09. The lowest BCUT2D eigenvalue weighted by Crippen LogP contribution is -2.32. The fraction of sp³-hybridized carbons (Fsp3) is 0.211. The van der Waals surface area contributed by atoms with E-state index >= 15 is 0 Å². The van der Waals surface area contributed by atoms with Crippen molar-refractivity contribution in [2.75, 3.05) is 11.9 Å². The van der Waals surface area contributed by atoms with Crippen molar-refractivity contribution in [1.29, 1.82) is 0 Å². The van der Waals surface area contributed by atoms with Gasteiger partial charge in [-0.05, 0) is 42.8 Å². The monoisotopic (exact) mass is 345 g/mol. The fourth-order valence-electron chi connectivity index (χ4n) is 2.04. The third-order valence-corrected chi connectivity index (χ3v) is 3.48. The van der Waals surface area contributed by atoms with Gasteiger partial charge in [0.2, 0.25) is 0 Å². The molecule has 5 heteroatoms. The Morgan fingerprint density at radius 2 is 2.00 bits per heavy atom. The number of benzene rings is 2. The molecule has 126 valence electrons. The third-order valence-electron chi connectivity index (χ3n) is 3.22. The molecule has 0 aliphatic rings. The second kappa shape index (κ2) is 8.99. The Kier molecular flexibility index (Phi) is 6.70. The standard InChI is InChI=1S/C19H20ClNO3/c1-3-12-23-17-7-5-6-15(13-17)21-19(22)18(4-2)24-16-10-8-14(20)9-11-16/h3,5-11,13,18H,1,4,12H2,2H3,(H,21,22)/t18-/m0/s1. The van der Waals surface area contributed by atoms with Crippen LogP contribution < -0.4 is 14.8 Å². The van der Waals surface area contributed by atoms with Gasteiger partial charge < -0.3 is 14.8 Å². The van der Waals surface area contributed by atoms with E-state index in [-0.39, 0.29) is 5.91 Å². The van der Waals surface area contributed by atoms with Crippen molar-refractivity contribution in [3.63, 3.8) is 0 Å². The minimum absolute atomic E-state index is 0.215. The molecule has 0 spiro atoms. The quantitative estimate of drug-likeness (QED) is 0.705. The normalized spacial score (nSPS) is 11.4. The van der Waals surface area contributed by atoms with Crippen LogP contribution in [0.4, 0.5) is 5.69 Å². The molecule has 4 nitrogen and oxygen atoms in total. The number of nitrogens with one attached hydrogen (secondary N) is 1. The highest BCUT2D eigenvalue weighted by Gasteiger charge is 2.18. The van der Waals surface area contributed by atoms with E-state index in [4.69, 9.17) is 21.1 Å². The van der Waals surface area contributed by atoms with Gasteiger partial charge in [0.05, 0.1) is 0 Å². The SMILES string of the molecule is C=CCOc1cccc(NC(=O)[C@H](CC)Oc2ccc(Cl)cc2)c1. The molecule has 0 radical (unpaired) electrons. The van der Waals surface area contributed by atoms with Gasteiger partial charge in [0.25, 0.3) is 5.91 Å². The summed E-state index contributed by atoms with van der Waals surface area (Å²) in [6, 6.07) is 14.1. The lowest BCUT2D eigenvalue weighted by Gasteiger charge is -2.17. The van der Waals surface area contributed by atoms with Crippen LogP contribution >= 0.6 is 11.6 Å². The third kappa shape index (κ3) is 5.32. The van der Waals surface area contributed by atoms with E-state index < -0.39 is 6.10 Å². The molecule has 1 N–H and O–H groups in total. The number of amides is 1. The first-order valence-corrected chi connectivity index (χ1v) is 8.07. The summed E-state index contributed by atoms with van der Waals surface area (Å²) in [4.78, 5) is 12.4. The molecule has 0 saturated heterocycles. The molecule has 0 saturated carbocycles. The summed E-state index contributed by atoms with van der Waals surface area (Å²) in [6.45, 7) is 5.91. The Bertz CT molecular complexity index is 685. The van der Waals surface area contributed by atoms with Crippen molar-refractivity contribution in [2.45, 2.75) is 19.4 Å². The Labute approximate surface area is 147 Å². The number of ether oxygens (including phenoxy) is 2. The Balaban J connectivity index is 2.00. The number of halogens is 1. The van der Waals surface area contributed by atoms with Crippen LogP contribution in [0.15, 0.2) is 61.2 Å². The van der Waals surface area contributed by atoms with Crippen molar-refractivity contribution in [2.24, 2.45) is 0 Å². The van der Waals surface area contributed by atoms with Gasteiger partial charge in [0.15, 0.2) is 6.10 Å². The van der Waals surface area contributed by atoms with Crippen LogP contribution in [0.25, 0.3) is 0 Å². The largest absolute Gasteiger partial charge is 0.489 e. The van der Waals surface area contributed by atoms with Crippen molar-refractivity contribution in [3.8, 4) is 11.5 Å². The first-order valence-electron chi connectivity index (χ1n) is 7.69. The lowest BCUT2D eigenvalue weighted by molar-refractivity contribution is -0.122. The number of anilines is 1. The van der Waals surface area contributed by atoms with Crippen molar-refractivity contribution < 1.29 is 14.3 Å². The van der Waals surface area contributed by atoms with Crippen LogP contribution in [0, 0.1) is 0 Å². The van der Waals surface area contributed by atoms with Gasteiger partial charge in [-0.3, -0.25) is 4.79 Å². The van der Waals surface area contributed by atoms with Gasteiger partial charge in [-0.2, -0.15) is 0 Å². The number of hydrogen-bond donors (Lipinski definition) is 1. The van der Waals surface area contributed by atoms with Crippen molar-refractivity contribution in [3.05, 3.63) is 66.2 Å². The van der Waals surface area contributed by atoms with Crippen LogP contribution in [0.1, 0.15) is 13.3 Å². The zero-order chi connectivity index (χ0) is 17.4. The van der Waals surface area contributed by atoms with Gasteiger partial charge in [-0.15, -0.1) is 0 Å².